The molecule has 1 heterocycles. The van der Waals surface area contributed by atoms with E-state index in [0.29, 0.717) is 32.2 Å². The Morgan fingerprint density at radius 2 is 1.96 bits per heavy atom. The minimum absolute atomic E-state index is 0.0515. The first-order valence-corrected chi connectivity index (χ1v) is 9.84. The molecule has 6 nitrogen and oxygen atoms in total. The number of carbonyl (C=O) groups is 1. The lowest BCUT2D eigenvalue weighted by Crippen LogP contribution is -3.15. The van der Waals surface area contributed by atoms with Crippen molar-refractivity contribution in [3.05, 3.63) is 29.8 Å². The van der Waals surface area contributed by atoms with Gasteiger partial charge in [-0.3, -0.25) is 4.79 Å². The molecule has 0 spiro atoms. The summed E-state index contributed by atoms with van der Waals surface area (Å²) in [5.41, 5.74) is 0. The average molecular weight is 376 g/mol. The summed E-state index contributed by atoms with van der Waals surface area (Å²) in [6.45, 7) is 4.29. The van der Waals surface area contributed by atoms with Crippen LogP contribution in [-0.4, -0.2) is 57.9 Å². The zero-order valence-corrected chi connectivity index (χ0v) is 15.0. The lowest BCUT2D eigenvalue weighted by atomic mass is 10.3. The summed E-state index contributed by atoms with van der Waals surface area (Å²) in [6, 6.07) is 2.44. The van der Waals surface area contributed by atoms with E-state index in [2.05, 4.69) is 5.32 Å². The van der Waals surface area contributed by atoms with Crippen molar-refractivity contribution in [2.45, 2.75) is 24.7 Å². The first-order chi connectivity index (χ1) is 11.8. The molecule has 1 aliphatic heterocycles. The van der Waals surface area contributed by atoms with Crippen LogP contribution >= 0.6 is 0 Å². The Morgan fingerprint density at radius 3 is 2.56 bits per heavy atom. The van der Waals surface area contributed by atoms with E-state index in [4.69, 9.17) is 0 Å². The smallest absolute Gasteiger partial charge is 0.275 e. The van der Waals surface area contributed by atoms with Gasteiger partial charge in [0.15, 0.2) is 6.54 Å². The highest BCUT2D eigenvalue weighted by atomic mass is 32.2. The predicted octanol–water partition coefficient (Wildman–Crippen LogP) is -0.230. The number of rotatable bonds is 7. The highest BCUT2D eigenvalue weighted by Crippen LogP contribution is 2.20. The third-order valence-corrected chi connectivity index (χ3v) is 6.14. The Labute approximate surface area is 146 Å². The van der Waals surface area contributed by atoms with Gasteiger partial charge in [-0.05, 0) is 18.6 Å². The normalized spacial score (nSPS) is 16.8. The van der Waals surface area contributed by atoms with Crippen molar-refractivity contribution in [3.8, 4) is 0 Å². The molecule has 0 radical (unpaired) electrons. The number of hydrogen-bond acceptors (Lipinski definition) is 3. The highest BCUT2D eigenvalue weighted by molar-refractivity contribution is 7.89. The van der Waals surface area contributed by atoms with Crippen molar-refractivity contribution in [1.29, 1.82) is 0 Å². The average Bonchev–Trinajstić information content (AvgIpc) is 2.55. The first-order valence-electron chi connectivity index (χ1n) is 8.40. The molecule has 1 saturated heterocycles. The maximum atomic E-state index is 13.8. The number of carbonyl (C=O) groups excluding carboxylic acids is 1. The van der Waals surface area contributed by atoms with Crippen molar-refractivity contribution in [2.24, 2.45) is 0 Å². The summed E-state index contributed by atoms with van der Waals surface area (Å²) < 4.78 is 52.9. The summed E-state index contributed by atoms with van der Waals surface area (Å²) in [6.07, 6.45) is 1.93. The van der Waals surface area contributed by atoms with Gasteiger partial charge in [0.1, 0.15) is 16.5 Å². The first kappa shape index (κ1) is 19.7. The van der Waals surface area contributed by atoms with Gasteiger partial charge in [0, 0.05) is 12.6 Å². The second-order valence-corrected chi connectivity index (χ2v) is 8.02. The van der Waals surface area contributed by atoms with Crippen molar-refractivity contribution in [2.75, 3.05) is 39.3 Å². The maximum absolute atomic E-state index is 13.8. The second-order valence-electron chi connectivity index (χ2n) is 6.11. The van der Waals surface area contributed by atoms with E-state index >= 15 is 0 Å². The summed E-state index contributed by atoms with van der Waals surface area (Å²) in [5, 5.41) is 2.83. The Kier molecular flexibility index (Phi) is 6.86. The van der Waals surface area contributed by atoms with Crippen LogP contribution in [-0.2, 0) is 14.8 Å². The number of unbranched alkanes of at least 4 members (excludes halogenated alkanes) is 1. The number of halogens is 2. The maximum Gasteiger partial charge on any atom is 0.275 e. The standard InChI is InChI=1S/C16H23F2N3O3S/c1-2-3-6-19-16(22)12-20-7-9-21(10-8-20)25(23,24)15-5-4-13(17)11-14(15)18/h4-5,11H,2-3,6-10,12H2,1H3,(H,19,22)/p+1. The monoisotopic (exact) mass is 376 g/mol. The fraction of sp³-hybridized carbons (Fsp3) is 0.562. The van der Waals surface area contributed by atoms with Crippen LogP contribution in [0.1, 0.15) is 19.8 Å². The van der Waals surface area contributed by atoms with E-state index in [-0.39, 0.29) is 19.0 Å². The van der Waals surface area contributed by atoms with Crippen molar-refractivity contribution in [3.63, 3.8) is 0 Å². The molecular weight excluding hydrogens is 352 g/mol. The molecule has 2 rings (SSSR count). The fourth-order valence-electron chi connectivity index (χ4n) is 2.74. The van der Waals surface area contributed by atoms with Crippen molar-refractivity contribution < 1.29 is 26.9 Å². The minimum atomic E-state index is -4.00. The van der Waals surface area contributed by atoms with E-state index in [1.807, 2.05) is 6.92 Å². The summed E-state index contributed by atoms with van der Waals surface area (Å²) in [7, 11) is -4.00. The van der Waals surface area contributed by atoms with Crippen LogP contribution in [0.25, 0.3) is 0 Å². The number of nitrogens with zero attached hydrogens (tertiary/aromatic N) is 1. The molecule has 1 fully saturated rings. The van der Waals surface area contributed by atoms with Gasteiger partial charge in [-0.15, -0.1) is 0 Å². The summed E-state index contributed by atoms with van der Waals surface area (Å²) >= 11 is 0. The van der Waals surface area contributed by atoms with E-state index < -0.39 is 26.6 Å². The molecule has 140 valence electrons. The van der Waals surface area contributed by atoms with Crippen molar-refractivity contribution >= 4 is 15.9 Å². The topological polar surface area (TPSA) is 70.9 Å². The van der Waals surface area contributed by atoms with E-state index in [0.717, 1.165) is 29.9 Å². The van der Waals surface area contributed by atoms with Crippen LogP contribution in [0.15, 0.2) is 23.1 Å². The molecule has 1 amide bonds. The number of sulfonamides is 1. The quantitative estimate of drug-likeness (QED) is 0.646. The SMILES string of the molecule is CCCCNC(=O)C[NH+]1CCN(S(=O)(=O)c2ccc(F)cc2F)CC1. The van der Waals surface area contributed by atoms with Crippen LogP contribution in [0.5, 0.6) is 0 Å². The van der Waals surface area contributed by atoms with Gasteiger partial charge in [-0.1, -0.05) is 13.3 Å². The van der Waals surface area contributed by atoms with Crippen LogP contribution in [0.4, 0.5) is 8.78 Å². The van der Waals surface area contributed by atoms with Crippen LogP contribution in [0.3, 0.4) is 0 Å². The predicted molar refractivity (Wildman–Crippen MR) is 88.6 cm³/mol. The Morgan fingerprint density at radius 1 is 1.28 bits per heavy atom. The molecule has 1 aliphatic rings. The zero-order chi connectivity index (χ0) is 18.4. The highest BCUT2D eigenvalue weighted by Gasteiger charge is 2.32. The molecular formula is C16H24F2N3O3S+. The second kappa shape index (κ2) is 8.68. The molecule has 0 unspecified atom stereocenters. The van der Waals surface area contributed by atoms with Gasteiger partial charge < -0.3 is 10.2 Å². The third kappa shape index (κ3) is 5.20. The molecule has 2 N–H and O–H groups in total. The van der Waals surface area contributed by atoms with Crippen LogP contribution < -0.4 is 10.2 Å². The van der Waals surface area contributed by atoms with E-state index in [9.17, 15) is 22.0 Å². The van der Waals surface area contributed by atoms with E-state index in [1.54, 1.807) is 0 Å². The number of piperazine rings is 1. The van der Waals surface area contributed by atoms with Gasteiger partial charge in [0.05, 0.1) is 26.2 Å². The molecule has 1 aromatic rings. The molecule has 9 heteroatoms. The lowest BCUT2D eigenvalue weighted by Gasteiger charge is -2.31. The van der Waals surface area contributed by atoms with Gasteiger partial charge in [-0.2, -0.15) is 4.31 Å². The number of amides is 1. The number of benzene rings is 1. The Balaban J connectivity index is 1.91. The van der Waals surface area contributed by atoms with Crippen LogP contribution in [0.2, 0.25) is 0 Å². The van der Waals surface area contributed by atoms with Crippen molar-refractivity contribution in [1.82, 2.24) is 9.62 Å². The molecule has 0 aliphatic carbocycles. The lowest BCUT2D eigenvalue weighted by molar-refractivity contribution is -0.895. The summed E-state index contributed by atoms with van der Waals surface area (Å²) in [5.74, 6) is -1.96. The van der Waals surface area contributed by atoms with Gasteiger partial charge >= 0.3 is 0 Å². The van der Waals surface area contributed by atoms with Gasteiger partial charge in [0.25, 0.3) is 5.91 Å². The van der Waals surface area contributed by atoms with Crippen LogP contribution in [0, 0.1) is 11.6 Å². The number of quaternary nitrogens is 1. The molecule has 1 aromatic carbocycles. The number of nitrogens with one attached hydrogen (secondary N) is 2. The largest absolute Gasteiger partial charge is 0.351 e. The fourth-order valence-corrected chi connectivity index (χ4v) is 4.22. The van der Waals surface area contributed by atoms with Gasteiger partial charge in [-0.25, -0.2) is 17.2 Å². The minimum Gasteiger partial charge on any atom is -0.351 e. The molecule has 0 atom stereocenters. The molecule has 25 heavy (non-hydrogen) atoms. The van der Waals surface area contributed by atoms with E-state index in [1.165, 1.54) is 4.31 Å². The zero-order valence-electron chi connectivity index (χ0n) is 14.2. The molecule has 0 bridgehead atoms. The number of hydrogen-bond donors (Lipinski definition) is 2. The Bertz CT molecular complexity index is 705. The molecule has 0 aromatic heterocycles. The third-order valence-electron chi connectivity index (χ3n) is 4.20. The molecule has 0 saturated carbocycles. The van der Waals surface area contributed by atoms with Gasteiger partial charge in [0.2, 0.25) is 10.0 Å². The Hall–Kier alpha value is -1.58. The summed E-state index contributed by atoms with van der Waals surface area (Å²) in [4.78, 5) is 12.3.